The molecule has 0 spiro atoms. The van der Waals surface area contributed by atoms with E-state index in [2.05, 4.69) is 5.32 Å². The van der Waals surface area contributed by atoms with Gasteiger partial charge in [0, 0.05) is 27.8 Å². The number of nitro benzene ring substituents is 1. The summed E-state index contributed by atoms with van der Waals surface area (Å²) >= 11 is 5.73. The third kappa shape index (κ3) is 5.61. The van der Waals surface area contributed by atoms with E-state index in [0.717, 1.165) is 6.07 Å². The topological polar surface area (TPSA) is 116 Å². The van der Waals surface area contributed by atoms with Gasteiger partial charge in [-0.1, -0.05) is 23.7 Å². The second-order valence-electron chi connectivity index (χ2n) is 5.53. The predicted molar refractivity (Wildman–Crippen MR) is 96.9 cm³/mol. The minimum absolute atomic E-state index is 0.0605. The second kappa shape index (κ2) is 8.91. The third-order valence-electron chi connectivity index (χ3n) is 3.59. The molecule has 27 heavy (non-hydrogen) atoms. The molecule has 1 N–H and O–H groups in total. The van der Waals surface area contributed by atoms with E-state index >= 15 is 0 Å². The van der Waals surface area contributed by atoms with Crippen LogP contribution in [0.5, 0.6) is 0 Å². The first-order valence-electron chi connectivity index (χ1n) is 7.75. The molecule has 0 heterocycles. The van der Waals surface area contributed by atoms with E-state index in [1.54, 1.807) is 6.92 Å². The fourth-order valence-corrected chi connectivity index (χ4v) is 2.24. The van der Waals surface area contributed by atoms with E-state index in [4.69, 9.17) is 16.3 Å². The molecule has 2 rings (SSSR count). The average Bonchev–Trinajstić information content (AvgIpc) is 2.64. The molecular formula is C18H15ClN2O6. The van der Waals surface area contributed by atoms with Crippen LogP contribution in [-0.2, 0) is 9.53 Å². The molecule has 0 fully saturated rings. The number of ether oxygens (including phenoxy) is 1. The van der Waals surface area contributed by atoms with Crippen molar-refractivity contribution < 1.29 is 24.0 Å². The summed E-state index contributed by atoms with van der Waals surface area (Å²) in [6.07, 6.45) is 0. The van der Waals surface area contributed by atoms with Crippen LogP contribution < -0.4 is 5.32 Å². The zero-order valence-electron chi connectivity index (χ0n) is 14.2. The molecule has 0 radical (unpaired) electrons. The van der Waals surface area contributed by atoms with Crippen molar-refractivity contribution in [3.63, 3.8) is 0 Å². The number of Topliss-reactive ketones (excluding diaryl/α,β-unsaturated/α-hetero) is 1. The van der Waals surface area contributed by atoms with Crippen LogP contribution in [0.15, 0.2) is 42.5 Å². The number of rotatable bonds is 7. The van der Waals surface area contributed by atoms with Crippen LogP contribution in [0.1, 0.15) is 26.3 Å². The SMILES string of the molecule is Cc1ccc(C(=O)COC(=O)CNC(=O)c2ccc(Cl)cc2)cc1[N+](=O)[O-]. The average molecular weight is 391 g/mol. The molecule has 2 aromatic rings. The number of carbonyl (C=O) groups excluding carboxylic acids is 3. The number of esters is 1. The van der Waals surface area contributed by atoms with E-state index in [0.29, 0.717) is 16.1 Å². The summed E-state index contributed by atoms with van der Waals surface area (Å²) in [6, 6.07) is 10.1. The maximum atomic E-state index is 12.0. The van der Waals surface area contributed by atoms with Crippen LogP contribution in [0.4, 0.5) is 5.69 Å². The summed E-state index contributed by atoms with van der Waals surface area (Å²) in [4.78, 5) is 45.9. The van der Waals surface area contributed by atoms with E-state index in [1.165, 1.54) is 36.4 Å². The van der Waals surface area contributed by atoms with Crippen molar-refractivity contribution in [1.29, 1.82) is 0 Å². The Bertz CT molecular complexity index is 895. The van der Waals surface area contributed by atoms with Gasteiger partial charge < -0.3 is 10.1 Å². The molecule has 0 aliphatic rings. The van der Waals surface area contributed by atoms with Gasteiger partial charge in [-0.15, -0.1) is 0 Å². The number of carbonyl (C=O) groups is 3. The Balaban J connectivity index is 1.85. The number of nitrogens with one attached hydrogen (secondary N) is 1. The summed E-state index contributed by atoms with van der Waals surface area (Å²) < 4.78 is 4.80. The Morgan fingerprint density at radius 3 is 2.37 bits per heavy atom. The van der Waals surface area contributed by atoms with E-state index in [9.17, 15) is 24.5 Å². The Morgan fingerprint density at radius 1 is 1.11 bits per heavy atom. The third-order valence-corrected chi connectivity index (χ3v) is 3.84. The molecule has 0 saturated carbocycles. The smallest absolute Gasteiger partial charge is 0.325 e. The van der Waals surface area contributed by atoms with Gasteiger partial charge in [0.15, 0.2) is 6.61 Å². The maximum absolute atomic E-state index is 12.0. The van der Waals surface area contributed by atoms with E-state index in [-0.39, 0.29) is 11.3 Å². The van der Waals surface area contributed by atoms with Crippen LogP contribution in [-0.4, -0.2) is 35.7 Å². The number of nitrogens with zero attached hydrogens (tertiary/aromatic N) is 1. The van der Waals surface area contributed by atoms with Crippen LogP contribution in [0.2, 0.25) is 5.02 Å². The van der Waals surface area contributed by atoms with Crippen LogP contribution >= 0.6 is 11.6 Å². The summed E-state index contributed by atoms with van der Waals surface area (Å²) in [6.45, 7) is 0.536. The maximum Gasteiger partial charge on any atom is 0.325 e. The van der Waals surface area contributed by atoms with Gasteiger partial charge in [-0.2, -0.15) is 0 Å². The zero-order chi connectivity index (χ0) is 20.0. The number of hydrogen-bond donors (Lipinski definition) is 1. The quantitative estimate of drug-likeness (QED) is 0.336. The first-order valence-corrected chi connectivity index (χ1v) is 8.13. The standard InChI is InChI=1S/C18H15ClN2O6/c1-11-2-3-13(8-15(11)21(25)26)16(22)10-27-17(23)9-20-18(24)12-4-6-14(19)7-5-12/h2-8H,9-10H2,1H3,(H,20,24). The highest BCUT2D eigenvalue weighted by atomic mass is 35.5. The van der Waals surface area contributed by atoms with Gasteiger partial charge in [-0.25, -0.2) is 0 Å². The number of halogens is 1. The highest BCUT2D eigenvalue weighted by molar-refractivity contribution is 6.30. The first kappa shape index (κ1) is 20.1. The molecule has 8 nitrogen and oxygen atoms in total. The number of ketones is 1. The lowest BCUT2D eigenvalue weighted by Crippen LogP contribution is -2.31. The number of hydrogen-bond acceptors (Lipinski definition) is 6. The Morgan fingerprint density at radius 2 is 1.74 bits per heavy atom. The van der Waals surface area contributed by atoms with Gasteiger partial charge in [-0.3, -0.25) is 24.5 Å². The van der Waals surface area contributed by atoms with Gasteiger partial charge in [0.1, 0.15) is 6.54 Å². The summed E-state index contributed by atoms with van der Waals surface area (Å²) in [7, 11) is 0. The first-order chi connectivity index (χ1) is 12.8. The molecule has 0 aliphatic heterocycles. The lowest BCUT2D eigenvalue weighted by molar-refractivity contribution is -0.385. The van der Waals surface area contributed by atoms with Crippen LogP contribution in [0.25, 0.3) is 0 Å². The highest BCUT2D eigenvalue weighted by Crippen LogP contribution is 2.19. The molecule has 0 atom stereocenters. The van der Waals surface area contributed by atoms with Crippen molar-refractivity contribution >= 4 is 34.9 Å². The van der Waals surface area contributed by atoms with E-state index < -0.39 is 35.7 Å². The van der Waals surface area contributed by atoms with Crippen molar-refractivity contribution in [3.05, 3.63) is 74.3 Å². The Hall–Kier alpha value is -3.26. The lowest BCUT2D eigenvalue weighted by Gasteiger charge is -2.07. The van der Waals surface area contributed by atoms with Gasteiger partial charge in [0.2, 0.25) is 5.78 Å². The molecule has 0 saturated heterocycles. The van der Waals surface area contributed by atoms with Gasteiger partial charge in [-0.05, 0) is 31.2 Å². The van der Waals surface area contributed by atoms with Crippen LogP contribution in [0.3, 0.4) is 0 Å². The molecular weight excluding hydrogens is 376 g/mol. The van der Waals surface area contributed by atoms with Crippen molar-refractivity contribution in [2.75, 3.05) is 13.2 Å². The molecule has 140 valence electrons. The number of benzene rings is 2. The molecule has 1 amide bonds. The van der Waals surface area contributed by atoms with E-state index in [1.807, 2.05) is 0 Å². The largest absolute Gasteiger partial charge is 0.456 e. The summed E-state index contributed by atoms with van der Waals surface area (Å²) in [5, 5.41) is 13.7. The highest BCUT2D eigenvalue weighted by Gasteiger charge is 2.16. The Kier molecular flexibility index (Phi) is 6.62. The predicted octanol–water partition coefficient (Wildman–Crippen LogP) is 2.71. The zero-order valence-corrected chi connectivity index (χ0v) is 15.0. The fourth-order valence-electron chi connectivity index (χ4n) is 2.12. The lowest BCUT2D eigenvalue weighted by atomic mass is 10.1. The Labute approximate surface area is 159 Å². The van der Waals surface area contributed by atoms with Crippen molar-refractivity contribution in [2.24, 2.45) is 0 Å². The number of aryl methyl sites for hydroxylation is 1. The minimum atomic E-state index is -0.813. The summed E-state index contributed by atoms with van der Waals surface area (Å²) in [5.74, 6) is -1.90. The molecule has 0 aliphatic carbocycles. The van der Waals surface area contributed by atoms with Gasteiger partial charge in [0.25, 0.3) is 11.6 Å². The summed E-state index contributed by atoms with van der Waals surface area (Å²) in [5.41, 5.74) is 0.599. The van der Waals surface area contributed by atoms with Crippen molar-refractivity contribution in [3.8, 4) is 0 Å². The molecule has 0 aromatic heterocycles. The van der Waals surface area contributed by atoms with Gasteiger partial charge >= 0.3 is 5.97 Å². The molecule has 9 heteroatoms. The van der Waals surface area contributed by atoms with Crippen molar-refractivity contribution in [2.45, 2.75) is 6.92 Å². The monoisotopic (exact) mass is 390 g/mol. The minimum Gasteiger partial charge on any atom is -0.456 e. The normalized spacial score (nSPS) is 10.1. The van der Waals surface area contributed by atoms with Gasteiger partial charge in [0.05, 0.1) is 4.92 Å². The number of nitro groups is 1. The second-order valence-corrected chi connectivity index (χ2v) is 5.97. The molecule has 2 aromatic carbocycles. The van der Waals surface area contributed by atoms with Crippen LogP contribution in [0, 0.1) is 17.0 Å². The molecule has 0 bridgehead atoms. The number of amides is 1. The fraction of sp³-hybridized carbons (Fsp3) is 0.167. The van der Waals surface area contributed by atoms with Crippen molar-refractivity contribution in [1.82, 2.24) is 5.32 Å². The molecule has 0 unspecified atom stereocenters.